The van der Waals surface area contributed by atoms with Crippen molar-refractivity contribution >= 4 is 23.3 Å². The normalized spacial score (nSPS) is 19.6. The van der Waals surface area contributed by atoms with Crippen molar-refractivity contribution in [3.05, 3.63) is 35.3 Å². The Hall–Kier alpha value is -3.07. The third-order valence-electron chi connectivity index (χ3n) is 6.05. The van der Waals surface area contributed by atoms with Gasteiger partial charge in [-0.1, -0.05) is 0 Å². The molecule has 1 saturated heterocycles. The number of anilines is 2. The van der Waals surface area contributed by atoms with E-state index in [0.29, 0.717) is 29.8 Å². The first kappa shape index (κ1) is 23.1. The van der Waals surface area contributed by atoms with E-state index in [2.05, 4.69) is 34.5 Å². The Kier molecular flexibility index (Phi) is 6.09. The minimum absolute atomic E-state index is 0.119. The first-order valence-electron chi connectivity index (χ1n) is 11.4. The average Bonchev–Trinajstić information content (AvgIpc) is 3.35. The van der Waals surface area contributed by atoms with E-state index in [4.69, 9.17) is 14.1 Å². The number of rotatable bonds is 6. The second-order valence-electron chi connectivity index (χ2n) is 9.96. The number of ether oxygens (including phenoxy) is 1. The van der Waals surface area contributed by atoms with Crippen LogP contribution in [0.1, 0.15) is 60.6 Å². The first-order valence-corrected chi connectivity index (χ1v) is 11.4. The van der Waals surface area contributed by atoms with Crippen LogP contribution in [-0.2, 0) is 6.42 Å². The van der Waals surface area contributed by atoms with Gasteiger partial charge in [-0.2, -0.15) is 4.98 Å². The van der Waals surface area contributed by atoms with Crippen LogP contribution < -0.4 is 20.3 Å². The summed E-state index contributed by atoms with van der Waals surface area (Å²) in [4.78, 5) is 34.9. The molecule has 1 atom stereocenters. The minimum atomic E-state index is -0.438. The standard InChI is InChI=1S/C24H33N5O4/c1-14(2)33-23-17(7-8-19(26-23)29-10-9-15(12-29)28(5)6)25-21(30)16-13-32-18-11-24(3,4)27-22(31)20(16)18/h7-8,13-15H,9-12H2,1-6H3,(H,25,30)(H,27,31)/t15-/m0/s1. The summed E-state index contributed by atoms with van der Waals surface area (Å²) in [6.07, 6.45) is 2.81. The minimum Gasteiger partial charge on any atom is -0.473 e. The van der Waals surface area contributed by atoms with Crippen LogP contribution in [0.15, 0.2) is 22.8 Å². The summed E-state index contributed by atoms with van der Waals surface area (Å²) in [5, 5.41) is 5.78. The topological polar surface area (TPSA) is 99.9 Å². The fourth-order valence-corrected chi connectivity index (χ4v) is 4.34. The van der Waals surface area contributed by atoms with E-state index in [1.807, 2.05) is 33.8 Å². The summed E-state index contributed by atoms with van der Waals surface area (Å²) >= 11 is 0. The second kappa shape index (κ2) is 8.70. The zero-order chi connectivity index (χ0) is 23.9. The van der Waals surface area contributed by atoms with Crippen LogP contribution in [0.5, 0.6) is 5.88 Å². The highest BCUT2D eigenvalue weighted by atomic mass is 16.5. The molecule has 0 saturated carbocycles. The Balaban J connectivity index is 1.57. The highest BCUT2D eigenvalue weighted by Crippen LogP contribution is 2.31. The fraction of sp³-hybridized carbons (Fsp3) is 0.542. The molecule has 0 bridgehead atoms. The van der Waals surface area contributed by atoms with Crippen molar-refractivity contribution in [3.63, 3.8) is 0 Å². The van der Waals surface area contributed by atoms with Crippen molar-refractivity contribution in [2.75, 3.05) is 37.4 Å². The summed E-state index contributed by atoms with van der Waals surface area (Å²) in [6.45, 7) is 9.46. The van der Waals surface area contributed by atoms with Crippen LogP contribution in [0.2, 0.25) is 0 Å². The van der Waals surface area contributed by atoms with Crippen LogP contribution >= 0.6 is 0 Å². The number of carbonyl (C=O) groups excluding carboxylic acids is 2. The van der Waals surface area contributed by atoms with Gasteiger partial charge in [0, 0.05) is 31.1 Å². The highest BCUT2D eigenvalue weighted by Gasteiger charge is 2.36. The van der Waals surface area contributed by atoms with Gasteiger partial charge in [-0.15, -0.1) is 0 Å². The molecular weight excluding hydrogens is 422 g/mol. The monoisotopic (exact) mass is 455 g/mol. The number of furan rings is 1. The number of likely N-dealkylation sites (N-methyl/N-ethyl adjacent to an activating group) is 1. The lowest BCUT2D eigenvalue weighted by atomic mass is 9.91. The molecule has 33 heavy (non-hydrogen) atoms. The number of pyridine rings is 1. The van der Waals surface area contributed by atoms with E-state index in [0.717, 1.165) is 25.3 Å². The molecule has 0 aliphatic carbocycles. The molecule has 2 N–H and O–H groups in total. The van der Waals surface area contributed by atoms with E-state index in [9.17, 15) is 9.59 Å². The third kappa shape index (κ3) is 4.83. The lowest BCUT2D eigenvalue weighted by Crippen LogP contribution is -2.49. The summed E-state index contributed by atoms with van der Waals surface area (Å²) in [5.74, 6) is 0.941. The third-order valence-corrected chi connectivity index (χ3v) is 6.05. The quantitative estimate of drug-likeness (QED) is 0.691. The molecule has 2 aliphatic rings. The zero-order valence-electron chi connectivity index (χ0n) is 20.2. The van der Waals surface area contributed by atoms with Crippen molar-refractivity contribution in [1.29, 1.82) is 0 Å². The van der Waals surface area contributed by atoms with Crippen molar-refractivity contribution in [2.24, 2.45) is 0 Å². The van der Waals surface area contributed by atoms with Gasteiger partial charge in [0.25, 0.3) is 11.8 Å². The molecule has 2 aliphatic heterocycles. The Bertz CT molecular complexity index is 1060. The van der Waals surface area contributed by atoms with E-state index in [1.165, 1.54) is 6.26 Å². The largest absolute Gasteiger partial charge is 0.473 e. The molecule has 4 rings (SSSR count). The molecule has 2 aromatic rings. The van der Waals surface area contributed by atoms with Gasteiger partial charge in [-0.25, -0.2) is 0 Å². The zero-order valence-corrected chi connectivity index (χ0v) is 20.2. The molecule has 1 fully saturated rings. The Morgan fingerprint density at radius 3 is 2.79 bits per heavy atom. The molecule has 9 heteroatoms. The maximum absolute atomic E-state index is 13.1. The van der Waals surface area contributed by atoms with Gasteiger partial charge >= 0.3 is 0 Å². The van der Waals surface area contributed by atoms with Crippen LogP contribution in [0.3, 0.4) is 0 Å². The van der Waals surface area contributed by atoms with E-state index in [1.54, 1.807) is 6.07 Å². The van der Waals surface area contributed by atoms with E-state index >= 15 is 0 Å². The van der Waals surface area contributed by atoms with Crippen LogP contribution in [-0.4, -0.2) is 66.6 Å². The SMILES string of the molecule is CC(C)Oc1nc(N2CC[C@H](N(C)C)C2)ccc1NC(=O)c1coc2c1C(=O)NC(C)(C)C2. The smallest absolute Gasteiger partial charge is 0.259 e. The first-order chi connectivity index (χ1) is 15.5. The second-order valence-corrected chi connectivity index (χ2v) is 9.96. The summed E-state index contributed by atoms with van der Waals surface area (Å²) in [7, 11) is 4.17. The van der Waals surface area contributed by atoms with Gasteiger partial charge < -0.3 is 29.6 Å². The Morgan fingerprint density at radius 1 is 1.36 bits per heavy atom. The van der Waals surface area contributed by atoms with Gasteiger partial charge in [0.2, 0.25) is 5.88 Å². The van der Waals surface area contributed by atoms with Crippen LogP contribution in [0.25, 0.3) is 0 Å². The molecule has 2 amide bonds. The summed E-state index contributed by atoms with van der Waals surface area (Å²) < 4.78 is 11.5. The van der Waals surface area contributed by atoms with E-state index < -0.39 is 11.4 Å². The number of carbonyl (C=O) groups is 2. The lowest BCUT2D eigenvalue weighted by Gasteiger charge is -2.29. The van der Waals surface area contributed by atoms with Gasteiger partial charge in [0.15, 0.2) is 0 Å². The molecule has 0 aromatic carbocycles. The molecule has 0 radical (unpaired) electrons. The Morgan fingerprint density at radius 2 is 2.12 bits per heavy atom. The highest BCUT2D eigenvalue weighted by molar-refractivity contribution is 6.13. The predicted molar refractivity (Wildman–Crippen MR) is 126 cm³/mol. The number of hydrogen-bond acceptors (Lipinski definition) is 7. The fourth-order valence-electron chi connectivity index (χ4n) is 4.34. The molecule has 178 valence electrons. The summed E-state index contributed by atoms with van der Waals surface area (Å²) in [6, 6.07) is 4.17. The van der Waals surface area contributed by atoms with Crippen molar-refractivity contribution in [3.8, 4) is 5.88 Å². The van der Waals surface area contributed by atoms with Crippen molar-refractivity contribution < 1.29 is 18.7 Å². The predicted octanol–water partition coefficient (Wildman–Crippen LogP) is 2.92. The molecule has 9 nitrogen and oxygen atoms in total. The number of fused-ring (bicyclic) bond motifs is 1. The molecule has 4 heterocycles. The number of amides is 2. The number of nitrogens with one attached hydrogen (secondary N) is 2. The maximum atomic E-state index is 13.1. The van der Waals surface area contributed by atoms with E-state index in [-0.39, 0.29) is 23.1 Å². The van der Waals surface area contributed by atoms with Crippen molar-refractivity contribution in [1.82, 2.24) is 15.2 Å². The number of nitrogens with zero attached hydrogens (tertiary/aromatic N) is 3. The molecule has 0 spiro atoms. The lowest BCUT2D eigenvalue weighted by molar-refractivity contribution is 0.0882. The Labute approximate surface area is 194 Å². The van der Waals surface area contributed by atoms with Crippen molar-refractivity contribution in [2.45, 2.75) is 58.2 Å². The maximum Gasteiger partial charge on any atom is 0.259 e. The van der Waals surface area contributed by atoms with Gasteiger partial charge in [-0.3, -0.25) is 9.59 Å². The van der Waals surface area contributed by atoms with Gasteiger partial charge in [-0.05, 0) is 60.3 Å². The summed E-state index contributed by atoms with van der Waals surface area (Å²) in [5.41, 5.74) is 0.516. The molecule has 2 aromatic heterocycles. The van der Waals surface area contributed by atoms with Crippen LogP contribution in [0.4, 0.5) is 11.5 Å². The number of hydrogen-bond donors (Lipinski definition) is 2. The molecule has 0 unspecified atom stereocenters. The number of aromatic nitrogens is 1. The van der Waals surface area contributed by atoms with Gasteiger partial charge in [0.1, 0.15) is 23.5 Å². The average molecular weight is 456 g/mol. The van der Waals surface area contributed by atoms with Crippen LogP contribution in [0, 0.1) is 0 Å². The van der Waals surface area contributed by atoms with Gasteiger partial charge in [0.05, 0.1) is 17.2 Å². The molecular formula is C24H33N5O4.